The molecule has 1 saturated heterocycles. The van der Waals surface area contributed by atoms with Crippen LogP contribution in [0.1, 0.15) is 20.8 Å². The van der Waals surface area contributed by atoms with Crippen LogP contribution in [0, 0.1) is 5.92 Å². The minimum absolute atomic E-state index is 0.0434. The summed E-state index contributed by atoms with van der Waals surface area (Å²) in [6.07, 6.45) is 0. The summed E-state index contributed by atoms with van der Waals surface area (Å²) in [5.74, 6) is -0.149. The molecule has 0 aromatic heterocycles. The number of carbonyl (C=O) groups is 1. The van der Waals surface area contributed by atoms with E-state index >= 15 is 0 Å². The number of likely N-dealkylation sites (N-methyl/N-ethyl adjacent to an activating group) is 1. The van der Waals surface area contributed by atoms with Crippen LogP contribution in [-0.4, -0.2) is 61.6 Å². The van der Waals surface area contributed by atoms with Gasteiger partial charge in [-0.1, -0.05) is 13.8 Å². The number of ether oxygens (including phenoxy) is 1. The molecule has 0 aromatic carbocycles. The van der Waals surface area contributed by atoms with Crippen LogP contribution in [0.4, 0.5) is 0 Å². The highest BCUT2D eigenvalue weighted by Gasteiger charge is 2.28. The third-order valence-corrected chi connectivity index (χ3v) is 3.73. The minimum Gasteiger partial charge on any atom is -0.469 e. The molecule has 94 valence electrons. The number of carbonyl (C=O) groups excluding carboxylic acids is 1. The van der Waals surface area contributed by atoms with E-state index in [4.69, 9.17) is 4.74 Å². The smallest absolute Gasteiger partial charge is 0.309 e. The van der Waals surface area contributed by atoms with Crippen LogP contribution in [0.5, 0.6) is 0 Å². The summed E-state index contributed by atoms with van der Waals surface area (Å²) in [4.78, 5) is 16.3. The lowest BCUT2D eigenvalue weighted by atomic mass is 10.0. The van der Waals surface area contributed by atoms with E-state index in [0.717, 1.165) is 32.7 Å². The zero-order valence-corrected chi connectivity index (χ0v) is 10.9. The molecule has 0 aromatic rings. The Hall–Kier alpha value is -0.610. The van der Waals surface area contributed by atoms with Crippen molar-refractivity contribution in [3.63, 3.8) is 0 Å². The van der Waals surface area contributed by atoms with Gasteiger partial charge in [-0.25, -0.2) is 0 Å². The second kappa shape index (κ2) is 6.21. The van der Waals surface area contributed by atoms with E-state index in [1.165, 1.54) is 7.11 Å². The summed E-state index contributed by atoms with van der Waals surface area (Å²) in [5, 5.41) is 0. The maximum absolute atomic E-state index is 11.5. The van der Waals surface area contributed by atoms with E-state index in [-0.39, 0.29) is 17.9 Å². The van der Waals surface area contributed by atoms with Crippen molar-refractivity contribution in [2.75, 3.05) is 39.8 Å². The molecule has 0 amide bonds. The van der Waals surface area contributed by atoms with E-state index in [2.05, 4.69) is 23.6 Å². The van der Waals surface area contributed by atoms with Crippen LogP contribution >= 0.6 is 0 Å². The second-order valence-corrected chi connectivity index (χ2v) is 4.52. The summed E-state index contributed by atoms with van der Waals surface area (Å²) < 4.78 is 4.79. The van der Waals surface area contributed by atoms with Gasteiger partial charge in [0.15, 0.2) is 0 Å². The average Bonchev–Trinajstić information content (AvgIpc) is 2.36. The third-order valence-electron chi connectivity index (χ3n) is 3.73. The summed E-state index contributed by atoms with van der Waals surface area (Å²) >= 11 is 0. The van der Waals surface area contributed by atoms with E-state index in [1.54, 1.807) is 0 Å². The summed E-state index contributed by atoms with van der Waals surface area (Å²) in [5.41, 5.74) is 0. The molecule has 0 radical (unpaired) electrons. The van der Waals surface area contributed by atoms with Crippen molar-refractivity contribution < 1.29 is 9.53 Å². The van der Waals surface area contributed by atoms with Gasteiger partial charge < -0.3 is 9.64 Å². The van der Waals surface area contributed by atoms with Gasteiger partial charge in [-0.3, -0.25) is 9.69 Å². The average molecular weight is 228 g/mol. The Bertz CT molecular complexity index is 225. The van der Waals surface area contributed by atoms with Gasteiger partial charge in [-0.15, -0.1) is 0 Å². The molecule has 4 nitrogen and oxygen atoms in total. The number of rotatable bonds is 4. The molecule has 1 aliphatic heterocycles. The van der Waals surface area contributed by atoms with E-state index in [0.29, 0.717) is 0 Å². The van der Waals surface area contributed by atoms with Crippen LogP contribution < -0.4 is 0 Å². The SMILES string of the molecule is CCN1CCN(C(C)C(C)C(=O)OC)CC1. The van der Waals surface area contributed by atoms with Crippen molar-refractivity contribution >= 4 is 5.97 Å². The van der Waals surface area contributed by atoms with Gasteiger partial charge >= 0.3 is 5.97 Å². The topological polar surface area (TPSA) is 32.8 Å². The lowest BCUT2D eigenvalue weighted by Gasteiger charge is -2.39. The predicted molar refractivity (Wildman–Crippen MR) is 64.3 cm³/mol. The molecule has 0 bridgehead atoms. The molecule has 2 atom stereocenters. The molecule has 1 fully saturated rings. The number of piperazine rings is 1. The quantitative estimate of drug-likeness (QED) is 0.667. The van der Waals surface area contributed by atoms with Gasteiger partial charge in [-0.05, 0) is 13.5 Å². The summed E-state index contributed by atoms with van der Waals surface area (Å²) in [7, 11) is 1.46. The van der Waals surface area contributed by atoms with E-state index in [9.17, 15) is 4.79 Å². The van der Waals surface area contributed by atoms with Gasteiger partial charge in [0.05, 0.1) is 13.0 Å². The molecular weight excluding hydrogens is 204 g/mol. The van der Waals surface area contributed by atoms with Gasteiger partial charge in [0.25, 0.3) is 0 Å². The van der Waals surface area contributed by atoms with Crippen molar-refractivity contribution in [3.05, 3.63) is 0 Å². The maximum atomic E-state index is 11.5. The van der Waals surface area contributed by atoms with Crippen LogP contribution in [0.25, 0.3) is 0 Å². The van der Waals surface area contributed by atoms with Gasteiger partial charge in [0, 0.05) is 32.2 Å². The molecule has 4 heteroatoms. The number of nitrogens with zero attached hydrogens (tertiary/aromatic N) is 2. The molecule has 16 heavy (non-hydrogen) atoms. The Kier molecular flexibility index (Phi) is 5.22. The van der Waals surface area contributed by atoms with E-state index in [1.807, 2.05) is 6.92 Å². The van der Waals surface area contributed by atoms with E-state index < -0.39 is 0 Å². The highest BCUT2D eigenvalue weighted by atomic mass is 16.5. The largest absolute Gasteiger partial charge is 0.469 e. The van der Waals surface area contributed by atoms with Crippen molar-refractivity contribution in [1.82, 2.24) is 9.80 Å². The normalized spacial score (nSPS) is 22.8. The monoisotopic (exact) mass is 228 g/mol. The molecule has 0 spiro atoms. The lowest BCUT2D eigenvalue weighted by molar-refractivity contribution is -0.147. The molecular formula is C12H24N2O2. The molecule has 0 N–H and O–H groups in total. The van der Waals surface area contributed by atoms with Gasteiger partial charge in [-0.2, -0.15) is 0 Å². The summed E-state index contributed by atoms with van der Waals surface area (Å²) in [6.45, 7) is 11.7. The Morgan fingerprint density at radius 3 is 2.25 bits per heavy atom. The molecule has 0 aliphatic carbocycles. The van der Waals surface area contributed by atoms with Crippen molar-refractivity contribution in [1.29, 1.82) is 0 Å². The fourth-order valence-electron chi connectivity index (χ4n) is 2.19. The van der Waals surface area contributed by atoms with Crippen molar-refractivity contribution in [2.24, 2.45) is 5.92 Å². The standard InChI is InChI=1S/C12H24N2O2/c1-5-13-6-8-14(9-7-13)11(3)10(2)12(15)16-4/h10-11H,5-9H2,1-4H3. The zero-order chi connectivity index (χ0) is 12.1. The minimum atomic E-state index is -0.106. The zero-order valence-electron chi connectivity index (χ0n) is 10.9. The highest BCUT2D eigenvalue weighted by molar-refractivity contribution is 5.72. The van der Waals surface area contributed by atoms with Crippen molar-refractivity contribution in [3.8, 4) is 0 Å². The fourth-order valence-corrected chi connectivity index (χ4v) is 2.19. The number of hydrogen-bond acceptors (Lipinski definition) is 4. The Morgan fingerprint density at radius 1 is 1.25 bits per heavy atom. The fraction of sp³-hybridized carbons (Fsp3) is 0.917. The first kappa shape index (κ1) is 13.5. The van der Waals surface area contributed by atoms with Crippen LogP contribution in [0.15, 0.2) is 0 Å². The number of hydrogen-bond donors (Lipinski definition) is 0. The first-order valence-electron chi connectivity index (χ1n) is 6.14. The third kappa shape index (κ3) is 3.19. The molecule has 1 heterocycles. The van der Waals surface area contributed by atoms with Crippen molar-refractivity contribution in [2.45, 2.75) is 26.8 Å². The lowest BCUT2D eigenvalue weighted by Crippen LogP contribution is -2.52. The predicted octanol–water partition coefficient (Wildman–Crippen LogP) is 0.821. The second-order valence-electron chi connectivity index (χ2n) is 4.52. The first-order chi connectivity index (χ1) is 7.60. The Balaban J connectivity index is 2.43. The first-order valence-corrected chi connectivity index (χ1v) is 6.14. The highest BCUT2D eigenvalue weighted by Crippen LogP contribution is 2.14. The maximum Gasteiger partial charge on any atom is 0.309 e. The molecule has 0 saturated carbocycles. The van der Waals surface area contributed by atoms with Gasteiger partial charge in [0.2, 0.25) is 0 Å². The molecule has 2 unspecified atom stereocenters. The molecule has 1 rings (SSSR count). The van der Waals surface area contributed by atoms with Crippen LogP contribution in [0.2, 0.25) is 0 Å². The molecule has 1 aliphatic rings. The summed E-state index contributed by atoms with van der Waals surface area (Å²) in [6, 6.07) is 0.270. The Morgan fingerprint density at radius 2 is 1.81 bits per heavy atom. The number of esters is 1. The van der Waals surface area contributed by atoms with Crippen LogP contribution in [0.3, 0.4) is 0 Å². The number of methoxy groups -OCH3 is 1. The van der Waals surface area contributed by atoms with Gasteiger partial charge in [0.1, 0.15) is 0 Å². The van der Waals surface area contributed by atoms with Crippen LogP contribution in [-0.2, 0) is 9.53 Å². The Labute approximate surface area is 98.5 Å².